The Morgan fingerprint density at radius 1 is 1.73 bits per heavy atom. The van der Waals surface area contributed by atoms with Crippen LogP contribution in [0.4, 0.5) is 0 Å². The fourth-order valence-corrected chi connectivity index (χ4v) is 0.846. The molecule has 4 nitrogen and oxygen atoms in total. The molecule has 0 aliphatic heterocycles. The highest BCUT2D eigenvalue weighted by Crippen LogP contribution is 1.91. The largest absolute Gasteiger partial charge is 0.395 e. The maximum Gasteiger partial charge on any atom is 0.122 e. The molecule has 1 aromatic rings. The number of nitrogens with one attached hydrogen (secondary N) is 1. The van der Waals surface area contributed by atoms with E-state index in [4.69, 9.17) is 5.11 Å². The molecule has 0 atom stereocenters. The van der Waals surface area contributed by atoms with Crippen LogP contribution in [0.15, 0.2) is 12.4 Å². The van der Waals surface area contributed by atoms with E-state index in [0.717, 1.165) is 5.82 Å². The van der Waals surface area contributed by atoms with Crippen LogP contribution in [0.25, 0.3) is 0 Å². The van der Waals surface area contributed by atoms with Gasteiger partial charge in [-0.3, -0.25) is 0 Å². The topological polar surface area (TPSA) is 50.1 Å². The van der Waals surface area contributed by atoms with E-state index in [0.29, 0.717) is 13.1 Å². The standard InChI is InChI=1S/C7H13N3O/c1-10-4-2-9-7(10)6-8-3-5-11/h2,4,8,11H,3,5-6H2,1H3. The zero-order valence-electron chi connectivity index (χ0n) is 6.62. The van der Waals surface area contributed by atoms with Crippen LogP contribution in [0.3, 0.4) is 0 Å². The number of aliphatic hydroxyl groups is 1. The Balaban J connectivity index is 2.32. The van der Waals surface area contributed by atoms with Gasteiger partial charge in [0.2, 0.25) is 0 Å². The fraction of sp³-hybridized carbons (Fsp3) is 0.571. The Kier molecular flexibility index (Phi) is 3.07. The van der Waals surface area contributed by atoms with Gasteiger partial charge in [-0.05, 0) is 0 Å². The summed E-state index contributed by atoms with van der Waals surface area (Å²) in [5, 5.41) is 11.5. The van der Waals surface area contributed by atoms with Crippen LogP contribution in [-0.4, -0.2) is 27.8 Å². The van der Waals surface area contributed by atoms with Crippen LogP contribution in [-0.2, 0) is 13.6 Å². The Morgan fingerprint density at radius 2 is 2.55 bits per heavy atom. The monoisotopic (exact) mass is 155 g/mol. The molecule has 0 saturated heterocycles. The number of hydrogen-bond donors (Lipinski definition) is 2. The summed E-state index contributed by atoms with van der Waals surface area (Å²) in [5.41, 5.74) is 0. The van der Waals surface area contributed by atoms with E-state index in [1.807, 2.05) is 17.8 Å². The molecule has 0 unspecified atom stereocenters. The lowest BCUT2D eigenvalue weighted by molar-refractivity contribution is 0.291. The number of imidazole rings is 1. The lowest BCUT2D eigenvalue weighted by Gasteiger charge is -2.01. The van der Waals surface area contributed by atoms with E-state index in [1.165, 1.54) is 0 Å². The van der Waals surface area contributed by atoms with E-state index in [9.17, 15) is 0 Å². The average Bonchev–Trinajstić information content (AvgIpc) is 2.37. The van der Waals surface area contributed by atoms with E-state index in [2.05, 4.69) is 10.3 Å². The van der Waals surface area contributed by atoms with Crippen molar-refractivity contribution in [1.82, 2.24) is 14.9 Å². The Labute approximate surface area is 65.9 Å². The molecule has 1 rings (SSSR count). The molecule has 0 amide bonds. The third-order valence-electron chi connectivity index (χ3n) is 1.49. The number of aryl methyl sites for hydroxylation is 1. The van der Waals surface area contributed by atoms with Crippen molar-refractivity contribution >= 4 is 0 Å². The Bertz CT molecular complexity index is 209. The van der Waals surface area contributed by atoms with Crippen molar-refractivity contribution < 1.29 is 5.11 Å². The van der Waals surface area contributed by atoms with Gasteiger partial charge in [0.1, 0.15) is 5.82 Å². The highest BCUT2D eigenvalue weighted by Gasteiger charge is 1.95. The van der Waals surface area contributed by atoms with Crippen molar-refractivity contribution in [3.05, 3.63) is 18.2 Å². The summed E-state index contributed by atoms with van der Waals surface area (Å²) in [7, 11) is 1.95. The van der Waals surface area contributed by atoms with Crippen molar-refractivity contribution in [2.24, 2.45) is 7.05 Å². The molecule has 0 fully saturated rings. The maximum atomic E-state index is 8.47. The van der Waals surface area contributed by atoms with E-state index >= 15 is 0 Å². The molecule has 0 saturated carbocycles. The van der Waals surface area contributed by atoms with Crippen molar-refractivity contribution in [3.8, 4) is 0 Å². The molecule has 0 spiro atoms. The maximum absolute atomic E-state index is 8.47. The minimum absolute atomic E-state index is 0.171. The Morgan fingerprint density at radius 3 is 3.09 bits per heavy atom. The predicted molar refractivity (Wildman–Crippen MR) is 42.0 cm³/mol. The van der Waals surface area contributed by atoms with Crippen LogP contribution in [0.2, 0.25) is 0 Å². The second kappa shape index (κ2) is 4.10. The minimum Gasteiger partial charge on any atom is -0.395 e. The Hall–Kier alpha value is -0.870. The summed E-state index contributed by atoms with van der Waals surface area (Å²) in [4.78, 5) is 4.11. The lowest BCUT2D eigenvalue weighted by atomic mass is 10.5. The van der Waals surface area contributed by atoms with Gasteiger partial charge in [-0.25, -0.2) is 4.98 Å². The molecular formula is C7H13N3O. The molecule has 0 aliphatic carbocycles. The molecule has 4 heteroatoms. The smallest absolute Gasteiger partial charge is 0.122 e. The van der Waals surface area contributed by atoms with Gasteiger partial charge in [0.15, 0.2) is 0 Å². The summed E-state index contributed by atoms with van der Waals surface area (Å²) in [6.45, 7) is 1.50. The summed E-state index contributed by atoms with van der Waals surface area (Å²) >= 11 is 0. The molecule has 62 valence electrons. The van der Waals surface area contributed by atoms with Gasteiger partial charge >= 0.3 is 0 Å². The van der Waals surface area contributed by atoms with Crippen molar-refractivity contribution in [1.29, 1.82) is 0 Å². The van der Waals surface area contributed by atoms with Crippen molar-refractivity contribution in [3.63, 3.8) is 0 Å². The second-order valence-corrected chi connectivity index (χ2v) is 2.35. The summed E-state index contributed by atoms with van der Waals surface area (Å²) < 4.78 is 1.95. The highest BCUT2D eigenvalue weighted by atomic mass is 16.3. The van der Waals surface area contributed by atoms with Crippen LogP contribution in [0, 0.1) is 0 Å². The molecule has 1 heterocycles. The van der Waals surface area contributed by atoms with E-state index in [1.54, 1.807) is 6.20 Å². The first kappa shape index (κ1) is 8.23. The molecule has 0 aromatic carbocycles. The van der Waals surface area contributed by atoms with Crippen LogP contribution >= 0.6 is 0 Å². The molecule has 11 heavy (non-hydrogen) atoms. The quantitative estimate of drug-likeness (QED) is 0.576. The minimum atomic E-state index is 0.171. The van der Waals surface area contributed by atoms with E-state index in [-0.39, 0.29) is 6.61 Å². The number of hydrogen-bond acceptors (Lipinski definition) is 3. The fourth-order valence-electron chi connectivity index (χ4n) is 0.846. The second-order valence-electron chi connectivity index (χ2n) is 2.35. The molecular weight excluding hydrogens is 142 g/mol. The van der Waals surface area contributed by atoms with Gasteiger partial charge in [0.25, 0.3) is 0 Å². The van der Waals surface area contributed by atoms with Gasteiger partial charge < -0.3 is 15.0 Å². The first-order chi connectivity index (χ1) is 5.34. The zero-order chi connectivity index (χ0) is 8.10. The molecule has 0 radical (unpaired) electrons. The molecule has 1 aromatic heterocycles. The summed E-state index contributed by atoms with van der Waals surface area (Å²) in [6, 6.07) is 0. The van der Waals surface area contributed by atoms with Gasteiger partial charge in [-0.1, -0.05) is 0 Å². The summed E-state index contributed by atoms with van der Waals surface area (Å²) in [6.07, 6.45) is 3.66. The predicted octanol–water partition coefficient (Wildman–Crippen LogP) is -0.498. The number of nitrogens with zero attached hydrogens (tertiary/aromatic N) is 2. The third-order valence-corrected chi connectivity index (χ3v) is 1.49. The first-order valence-corrected chi connectivity index (χ1v) is 3.62. The molecule has 0 aliphatic rings. The SMILES string of the molecule is Cn1ccnc1CNCCO. The number of aromatic nitrogens is 2. The number of rotatable bonds is 4. The van der Waals surface area contributed by atoms with Crippen molar-refractivity contribution in [2.75, 3.05) is 13.2 Å². The highest BCUT2D eigenvalue weighted by molar-refractivity contribution is 4.89. The van der Waals surface area contributed by atoms with Crippen LogP contribution in [0.1, 0.15) is 5.82 Å². The third kappa shape index (κ3) is 2.32. The lowest BCUT2D eigenvalue weighted by Crippen LogP contribution is -2.19. The molecule has 2 N–H and O–H groups in total. The van der Waals surface area contributed by atoms with Crippen LogP contribution in [0.5, 0.6) is 0 Å². The molecule has 0 bridgehead atoms. The first-order valence-electron chi connectivity index (χ1n) is 3.62. The van der Waals surface area contributed by atoms with Gasteiger partial charge in [-0.15, -0.1) is 0 Å². The average molecular weight is 155 g/mol. The summed E-state index contributed by atoms with van der Waals surface area (Å²) in [5.74, 6) is 0.985. The van der Waals surface area contributed by atoms with Gasteiger partial charge in [0.05, 0.1) is 13.2 Å². The van der Waals surface area contributed by atoms with Gasteiger partial charge in [-0.2, -0.15) is 0 Å². The normalized spacial score (nSPS) is 10.4. The van der Waals surface area contributed by atoms with Gasteiger partial charge in [0, 0.05) is 26.0 Å². The number of aliphatic hydroxyl groups excluding tert-OH is 1. The van der Waals surface area contributed by atoms with Crippen molar-refractivity contribution in [2.45, 2.75) is 6.54 Å². The van der Waals surface area contributed by atoms with Crippen LogP contribution < -0.4 is 5.32 Å². The zero-order valence-corrected chi connectivity index (χ0v) is 6.62. The van der Waals surface area contributed by atoms with E-state index < -0.39 is 0 Å².